The van der Waals surface area contributed by atoms with Gasteiger partial charge in [0.1, 0.15) is 0 Å². The molecular weight excluding hydrogens is 162 g/mol. The maximum absolute atomic E-state index is 10.5. The van der Waals surface area contributed by atoms with Crippen LogP contribution < -0.4 is 0 Å². The van der Waals surface area contributed by atoms with Crippen molar-refractivity contribution in [2.24, 2.45) is 0 Å². The first-order valence-electron chi connectivity index (χ1n) is 4.11. The van der Waals surface area contributed by atoms with E-state index in [1.807, 2.05) is 0 Å². The highest BCUT2D eigenvalue weighted by Gasteiger charge is 2.05. The van der Waals surface area contributed by atoms with Crippen molar-refractivity contribution >= 4 is 16.8 Å². The van der Waals surface area contributed by atoms with Crippen LogP contribution in [0.15, 0.2) is 0 Å². The normalized spacial score (nSPS) is 10.5. The van der Waals surface area contributed by atoms with Gasteiger partial charge in [-0.1, -0.05) is 13.8 Å². The lowest BCUT2D eigenvalue weighted by Gasteiger charge is -2.17. The van der Waals surface area contributed by atoms with Crippen LogP contribution in [0, 0.1) is 0 Å². The van der Waals surface area contributed by atoms with Crippen LogP contribution in [0.4, 0.5) is 0 Å². The van der Waals surface area contributed by atoms with Crippen molar-refractivity contribution in [2.45, 2.75) is 26.7 Å². The Morgan fingerprint density at radius 2 is 1.73 bits per heavy atom. The van der Waals surface area contributed by atoms with Gasteiger partial charge >= 0.3 is 0 Å². The van der Waals surface area contributed by atoms with Gasteiger partial charge in [-0.05, 0) is 37.5 Å². The number of nitrogens with zero attached hydrogens (tertiary/aromatic N) is 1. The van der Waals surface area contributed by atoms with E-state index in [0.717, 1.165) is 25.9 Å². The fraction of sp³-hybridized carbons (Fsp3) is 0.875. The number of rotatable bonds is 6. The predicted molar refractivity (Wildman–Crippen MR) is 47.9 cm³/mol. The van der Waals surface area contributed by atoms with E-state index in [1.165, 1.54) is 0 Å². The van der Waals surface area contributed by atoms with Crippen LogP contribution >= 0.6 is 11.6 Å². The molecular formula is C8H16ClNO. The van der Waals surface area contributed by atoms with Crippen molar-refractivity contribution in [3.63, 3.8) is 0 Å². The van der Waals surface area contributed by atoms with Crippen molar-refractivity contribution in [3.8, 4) is 0 Å². The molecule has 2 nitrogen and oxygen atoms in total. The first-order chi connectivity index (χ1) is 5.20. The molecule has 0 rings (SSSR count). The van der Waals surface area contributed by atoms with Gasteiger partial charge in [0.2, 0.25) is 5.24 Å². The molecule has 11 heavy (non-hydrogen) atoms. The second-order valence-electron chi connectivity index (χ2n) is 2.63. The molecule has 0 aliphatic heterocycles. The SMILES string of the molecule is CCCN(CCC)CC(=O)Cl. The van der Waals surface area contributed by atoms with Gasteiger partial charge in [-0.25, -0.2) is 0 Å². The third-order valence-electron chi connectivity index (χ3n) is 1.43. The topological polar surface area (TPSA) is 20.3 Å². The van der Waals surface area contributed by atoms with Crippen molar-refractivity contribution in [1.29, 1.82) is 0 Å². The molecule has 0 N–H and O–H groups in total. The zero-order valence-corrected chi connectivity index (χ0v) is 8.02. The lowest BCUT2D eigenvalue weighted by atomic mass is 10.3. The van der Waals surface area contributed by atoms with Crippen molar-refractivity contribution in [1.82, 2.24) is 4.90 Å². The molecule has 0 saturated heterocycles. The van der Waals surface area contributed by atoms with Gasteiger partial charge in [0.15, 0.2) is 0 Å². The quantitative estimate of drug-likeness (QED) is 0.578. The van der Waals surface area contributed by atoms with E-state index >= 15 is 0 Å². The van der Waals surface area contributed by atoms with E-state index in [9.17, 15) is 4.79 Å². The lowest BCUT2D eigenvalue weighted by Crippen LogP contribution is -2.29. The van der Waals surface area contributed by atoms with E-state index in [1.54, 1.807) is 0 Å². The summed E-state index contributed by atoms with van der Waals surface area (Å²) in [6.07, 6.45) is 2.15. The van der Waals surface area contributed by atoms with Crippen LogP contribution in [-0.2, 0) is 4.79 Å². The molecule has 0 aliphatic carbocycles. The summed E-state index contributed by atoms with van der Waals surface area (Å²) in [7, 11) is 0. The summed E-state index contributed by atoms with van der Waals surface area (Å²) in [6.45, 7) is 6.52. The summed E-state index contributed by atoms with van der Waals surface area (Å²) in [6, 6.07) is 0. The number of carbonyl (C=O) groups excluding carboxylic acids is 1. The first kappa shape index (κ1) is 10.9. The molecule has 0 amide bonds. The summed E-state index contributed by atoms with van der Waals surface area (Å²) < 4.78 is 0. The summed E-state index contributed by atoms with van der Waals surface area (Å²) in [5.41, 5.74) is 0. The Labute approximate surface area is 73.5 Å². The Kier molecular flexibility index (Phi) is 6.57. The van der Waals surface area contributed by atoms with Gasteiger partial charge in [0.25, 0.3) is 0 Å². The maximum atomic E-state index is 10.5. The van der Waals surface area contributed by atoms with Crippen LogP contribution in [0.2, 0.25) is 0 Å². The van der Waals surface area contributed by atoms with Gasteiger partial charge in [-0.2, -0.15) is 0 Å². The average Bonchev–Trinajstić information content (AvgIpc) is 1.87. The van der Waals surface area contributed by atoms with Gasteiger partial charge < -0.3 is 0 Å². The smallest absolute Gasteiger partial charge is 0.235 e. The molecule has 0 spiro atoms. The van der Waals surface area contributed by atoms with Gasteiger partial charge in [-0.15, -0.1) is 0 Å². The molecule has 0 unspecified atom stereocenters. The summed E-state index contributed by atoms with van der Waals surface area (Å²) in [5.74, 6) is 0. The Morgan fingerprint density at radius 1 is 1.27 bits per heavy atom. The van der Waals surface area contributed by atoms with Crippen LogP contribution in [0.3, 0.4) is 0 Å². The van der Waals surface area contributed by atoms with Gasteiger partial charge in [-0.3, -0.25) is 9.69 Å². The standard InChI is InChI=1S/C8H16ClNO/c1-3-5-10(6-4-2)7-8(9)11/h3-7H2,1-2H3. The second-order valence-corrected chi connectivity index (χ2v) is 3.05. The van der Waals surface area contributed by atoms with Crippen molar-refractivity contribution in [2.75, 3.05) is 19.6 Å². The molecule has 0 bridgehead atoms. The monoisotopic (exact) mass is 177 g/mol. The molecule has 0 atom stereocenters. The maximum Gasteiger partial charge on any atom is 0.235 e. The summed E-state index contributed by atoms with van der Waals surface area (Å²) >= 11 is 5.26. The van der Waals surface area contributed by atoms with E-state index in [0.29, 0.717) is 6.54 Å². The fourth-order valence-electron chi connectivity index (χ4n) is 1.08. The highest BCUT2D eigenvalue weighted by molar-refractivity contribution is 6.64. The zero-order valence-electron chi connectivity index (χ0n) is 7.27. The fourth-order valence-corrected chi connectivity index (χ4v) is 1.25. The summed E-state index contributed by atoms with van der Waals surface area (Å²) in [4.78, 5) is 12.6. The highest BCUT2D eigenvalue weighted by Crippen LogP contribution is 1.95. The average molecular weight is 178 g/mol. The van der Waals surface area contributed by atoms with Crippen LogP contribution in [0.1, 0.15) is 26.7 Å². The minimum absolute atomic E-state index is 0.257. The molecule has 0 aromatic carbocycles. The van der Waals surface area contributed by atoms with E-state index in [4.69, 9.17) is 11.6 Å². The number of carbonyl (C=O) groups is 1. The van der Waals surface area contributed by atoms with Crippen molar-refractivity contribution < 1.29 is 4.79 Å². The Hall–Kier alpha value is -0.0800. The number of halogens is 1. The number of hydrogen-bond acceptors (Lipinski definition) is 2. The van der Waals surface area contributed by atoms with E-state index in [-0.39, 0.29) is 5.24 Å². The van der Waals surface area contributed by atoms with Crippen LogP contribution in [-0.4, -0.2) is 29.8 Å². The molecule has 0 aliphatic rings. The molecule has 0 fully saturated rings. The lowest BCUT2D eigenvalue weighted by molar-refractivity contribution is -0.112. The minimum Gasteiger partial charge on any atom is -0.295 e. The molecule has 0 saturated carbocycles. The van der Waals surface area contributed by atoms with E-state index < -0.39 is 0 Å². The molecule has 0 heterocycles. The van der Waals surface area contributed by atoms with Gasteiger partial charge in [0.05, 0.1) is 6.54 Å². The predicted octanol–water partition coefficient (Wildman–Crippen LogP) is 1.87. The summed E-state index contributed by atoms with van der Waals surface area (Å²) in [5, 5.41) is -0.257. The zero-order chi connectivity index (χ0) is 8.69. The molecule has 0 aromatic heterocycles. The molecule has 0 radical (unpaired) electrons. The van der Waals surface area contributed by atoms with E-state index in [2.05, 4.69) is 18.7 Å². The Balaban J connectivity index is 3.59. The van der Waals surface area contributed by atoms with Crippen LogP contribution in [0.25, 0.3) is 0 Å². The third-order valence-corrected chi connectivity index (χ3v) is 1.55. The van der Waals surface area contributed by atoms with Crippen molar-refractivity contribution in [3.05, 3.63) is 0 Å². The molecule has 0 aromatic rings. The highest BCUT2D eigenvalue weighted by atomic mass is 35.5. The largest absolute Gasteiger partial charge is 0.295 e. The minimum atomic E-state index is -0.257. The first-order valence-corrected chi connectivity index (χ1v) is 4.49. The number of hydrogen-bond donors (Lipinski definition) is 0. The van der Waals surface area contributed by atoms with Crippen LogP contribution in [0.5, 0.6) is 0 Å². The Bertz CT molecular complexity index is 111. The Morgan fingerprint density at radius 3 is 2.00 bits per heavy atom. The molecule has 66 valence electrons. The third kappa shape index (κ3) is 6.32. The van der Waals surface area contributed by atoms with Gasteiger partial charge in [0, 0.05) is 0 Å². The second kappa shape index (κ2) is 6.62. The molecule has 3 heteroatoms.